The molecule has 0 bridgehead atoms. The Morgan fingerprint density at radius 3 is 2.46 bits per heavy atom. The Balaban J connectivity index is 1.69. The molecule has 5 nitrogen and oxygen atoms in total. The van der Waals surface area contributed by atoms with Crippen LogP contribution in [0.1, 0.15) is 12.5 Å². The fourth-order valence-electron chi connectivity index (χ4n) is 2.08. The van der Waals surface area contributed by atoms with Gasteiger partial charge in [-0.3, -0.25) is 0 Å². The Morgan fingerprint density at radius 2 is 1.79 bits per heavy atom. The highest BCUT2D eigenvalue weighted by Crippen LogP contribution is 2.19. The van der Waals surface area contributed by atoms with Gasteiger partial charge in [-0.05, 0) is 36.8 Å². The van der Waals surface area contributed by atoms with Crippen LogP contribution in [-0.4, -0.2) is 30.8 Å². The van der Waals surface area contributed by atoms with Crippen molar-refractivity contribution in [1.82, 2.24) is 10.6 Å². The van der Waals surface area contributed by atoms with Gasteiger partial charge >= 0.3 is 6.03 Å². The standard InChI is InChI=1S/C18H21FN2O3/c1-18(23,14-7-9-15(19)10-8-14)13-21-17(22)20-11-12-24-16-5-3-2-4-6-16/h2-10,23H,11-13H2,1H3,(H2,20,21,22). The average Bonchev–Trinajstić information content (AvgIpc) is 2.58. The van der Waals surface area contributed by atoms with Gasteiger partial charge in [0, 0.05) is 0 Å². The van der Waals surface area contributed by atoms with Crippen LogP contribution < -0.4 is 15.4 Å². The zero-order chi connectivity index (χ0) is 17.4. The van der Waals surface area contributed by atoms with Crippen molar-refractivity contribution in [2.24, 2.45) is 0 Å². The molecule has 2 amide bonds. The molecule has 2 rings (SSSR count). The lowest BCUT2D eigenvalue weighted by Crippen LogP contribution is -2.44. The van der Waals surface area contributed by atoms with E-state index in [1.807, 2.05) is 30.3 Å². The van der Waals surface area contributed by atoms with E-state index in [2.05, 4.69) is 10.6 Å². The third-order valence-electron chi connectivity index (χ3n) is 3.46. The summed E-state index contributed by atoms with van der Waals surface area (Å²) in [6.45, 7) is 2.23. The molecular weight excluding hydrogens is 311 g/mol. The molecule has 0 saturated heterocycles. The molecule has 0 fully saturated rings. The minimum atomic E-state index is -1.29. The van der Waals surface area contributed by atoms with E-state index in [9.17, 15) is 14.3 Å². The molecule has 1 unspecified atom stereocenters. The number of nitrogens with one attached hydrogen (secondary N) is 2. The molecule has 6 heteroatoms. The molecule has 0 aliphatic carbocycles. The molecule has 3 N–H and O–H groups in total. The van der Waals surface area contributed by atoms with Gasteiger partial charge < -0.3 is 20.5 Å². The van der Waals surface area contributed by atoms with Crippen molar-refractivity contribution in [3.63, 3.8) is 0 Å². The van der Waals surface area contributed by atoms with Gasteiger partial charge in [0.2, 0.25) is 0 Å². The third-order valence-corrected chi connectivity index (χ3v) is 3.46. The number of para-hydroxylation sites is 1. The van der Waals surface area contributed by atoms with Crippen LogP contribution in [0.25, 0.3) is 0 Å². The monoisotopic (exact) mass is 332 g/mol. The minimum absolute atomic E-state index is 0.00398. The first-order valence-electron chi connectivity index (χ1n) is 7.65. The lowest BCUT2D eigenvalue weighted by molar-refractivity contribution is 0.0593. The van der Waals surface area contributed by atoms with Crippen molar-refractivity contribution in [2.45, 2.75) is 12.5 Å². The van der Waals surface area contributed by atoms with Crippen molar-refractivity contribution in [3.8, 4) is 5.75 Å². The van der Waals surface area contributed by atoms with Crippen molar-refractivity contribution < 1.29 is 19.0 Å². The molecule has 0 spiro atoms. The average molecular weight is 332 g/mol. The van der Waals surface area contributed by atoms with Gasteiger partial charge in [-0.25, -0.2) is 9.18 Å². The maximum Gasteiger partial charge on any atom is 0.315 e. The number of ether oxygens (including phenoxy) is 1. The molecule has 0 radical (unpaired) electrons. The summed E-state index contributed by atoms with van der Waals surface area (Å²) >= 11 is 0. The lowest BCUT2D eigenvalue weighted by atomic mass is 9.96. The molecule has 0 aromatic heterocycles. The van der Waals surface area contributed by atoms with E-state index in [0.29, 0.717) is 18.7 Å². The SMILES string of the molecule is CC(O)(CNC(=O)NCCOc1ccccc1)c1ccc(F)cc1. The molecule has 0 aliphatic rings. The molecule has 0 heterocycles. The predicted octanol–water partition coefficient (Wildman–Crippen LogP) is 2.41. The Morgan fingerprint density at radius 1 is 1.12 bits per heavy atom. The van der Waals surface area contributed by atoms with E-state index < -0.39 is 11.6 Å². The van der Waals surface area contributed by atoms with Crippen molar-refractivity contribution in [3.05, 3.63) is 66.0 Å². The lowest BCUT2D eigenvalue weighted by Gasteiger charge is -2.24. The van der Waals surface area contributed by atoms with Gasteiger partial charge in [0.1, 0.15) is 23.8 Å². The fraction of sp³-hybridized carbons (Fsp3) is 0.278. The highest BCUT2D eigenvalue weighted by atomic mass is 19.1. The van der Waals surface area contributed by atoms with Crippen LogP contribution >= 0.6 is 0 Å². The maximum atomic E-state index is 12.9. The van der Waals surface area contributed by atoms with Crippen LogP contribution in [0.2, 0.25) is 0 Å². The van der Waals surface area contributed by atoms with E-state index in [1.54, 1.807) is 6.92 Å². The quantitative estimate of drug-likeness (QED) is 0.682. The number of hydrogen-bond acceptors (Lipinski definition) is 3. The van der Waals surface area contributed by atoms with Crippen molar-refractivity contribution in [2.75, 3.05) is 19.7 Å². The van der Waals surface area contributed by atoms with Gasteiger partial charge in [0.25, 0.3) is 0 Å². The van der Waals surface area contributed by atoms with E-state index in [0.717, 1.165) is 5.75 Å². The number of carbonyl (C=O) groups excluding carboxylic acids is 1. The van der Waals surface area contributed by atoms with Crippen LogP contribution in [0.3, 0.4) is 0 Å². The summed E-state index contributed by atoms with van der Waals surface area (Å²) in [5, 5.41) is 15.6. The molecule has 2 aromatic rings. The number of aliphatic hydroxyl groups is 1. The predicted molar refractivity (Wildman–Crippen MR) is 89.3 cm³/mol. The number of amides is 2. The first-order valence-corrected chi connectivity index (χ1v) is 7.65. The zero-order valence-electron chi connectivity index (χ0n) is 13.5. The number of urea groups is 1. The number of benzene rings is 2. The van der Waals surface area contributed by atoms with Crippen LogP contribution in [0.15, 0.2) is 54.6 Å². The maximum absolute atomic E-state index is 12.9. The van der Waals surface area contributed by atoms with E-state index in [4.69, 9.17) is 4.74 Å². The fourth-order valence-corrected chi connectivity index (χ4v) is 2.08. The molecular formula is C18H21FN2O3. The number of hydrogen-bond donors (Lipinski definition) is 3. The first kappa shape index (κ1) is 17.7. The number of rotatable bonds is 7. The highest BCUT2D eigenvalue weighted by molar-refractivity contribution is 5.73. The summed E-state index contributed by atoms with van der Waals surface area (Å²) in [4.78, 5) is 11.7. The molecule has 24 heavy (non-hydrogen) atoms. The first-order chi connectivity index (χ1) is 11.5. The summed E-state index contributed by atoms with van der Waals surface area (Å²) in [6.07, 6.45) is 0. The van der Waals surface area contributed by atoms with Gasteiger partial charge in [0.05, 0.1) is 13.1 Å². The molecule has 0 aliphatic heterocycles. The Hall–Kier alpha value is -2.60. The van der Waals surface area contributed by atoms with E-state index in [1.165, 1.54) is 24.3 Å². The normalized spacial score (nSPS) is 13.0. The van der Waals surface area contributed by atoms with Crippen LogP contribution in [-0.2, 0) is 5.60 Å². The van der Waals surface area contributed by atoms with Crippen LogP contribution in [0.4, 0.5) is 9.18 Å². The third kappa shape index (κ3) is 5.55. The second-order valence-electron chi connectivity index (χ2n) is 5.55. The topological polar surface area (TPSA) is 70.6 Å². The van der Waals surface area contributed by atoms with E-state index >= 15 is 0 Å². The highest BCUT2D eigenvalue weighted by Gasteiger charge is 2.23. The molecule has 2 aromatic carbocycles. The second-order valence-corrected chi connectivity index (χ2v) is 5.55. The largest absolute Gasteiger partial charge is 0.492 e. The molecule has 1 atom stereocenters. The van der Waals surface area contributed by atoms with Crippen molar-refractivity contribution >= 4 is 6.03 Å². The summed E-state index contributed by atoms with van der Waals surface area (Å²) in [7, 11) is 0. The second kappa shape index (κ2) is 8.31. The van der Waals surface area contributed by atoms with Gasteiger partial charge in [-0.15, -0.1) is 0 Å². The molecule has 128 valence electrons. The van der Waals surface area contributed by atoms with Gasteiger partial charge in [-0.2, -0.15) is 0 Å². The summed E-state index contributed by atoms with van der Waals surface area (Å²) in [5.74, 6) is 0.359. The summed E-state index contributed by atoms with van der Waals surface area (Å²) in [6, 6.07) is 14.4. The van der Waals surface area contributed by atoms with Gasteiger partial charge in [-0.1, -0.05) is 30.3 Å². The van der Waals surface area contributed by atoms with Gasteiger partial charge in [0.15, 0.2) is 0 Å². The molecule has 0 saturated carbocycles. The van der Waals surface area contributed by atoms with Crippen LogP contribution in [0.5, 0.6) is 5.75 Å². The summed E-state index contributed by atoms with van der Waals surface area (Å²) in [5.41, 5.74) is -0.761. The minimum Gasteiger partial charge on any atom is -0.492 e. The van der Waals surface area contributed by atoms with Crippen molar-refractivity contribution in [1.29, 1.82) is 0 Å². The Kier molecular flexibility index (Phi) is 6.14. The van der Waals surface area contributed by atoms with E-state index in [-0.39, 0.29) is 12.4 Å². The zero-order valence-corrected chi connectivity index (χ0v) is 13.5. The Labute approximate surface area is 140 Å². The number of carbonyl (C=O) groups is 1. The number of halogens is 1. The van der Waals surface area contributed by atoms with Crippen LogP contribution in [0, 0.1) is 5.82 Å². The Bertz CT molecular complexity index is 645. The smallest absolute Gasteiger partial charge is 0.315 e. The summed E-state index contributed by atoms with van der Waals surface area (Å²) < 4.78 is 18.4.